The highest BCUT2D eigenvalue weighted by molar-refractivity contribution is 6.13. The number of hydrogen-bond donors (Lipinski definition) is 2. The van der Waals surface area contributed by atoms with Crippen molar-refractivity contribution in [1.29, 1.82) is 5.26 Å². The largest absolute Gasteiger partial charge is 0.420 e. The molecule has 1 amide bonds. The minimum atomic E-state index is -1.31. The number of para-hydroxylation sites is 1. The Morgan fingerprint density at radius 3 is 2.91 bits per heavy atom. The molecule has 7 heteroatoms. The van der Waals surface area contributed by atoms with Crippen LogP contribution in [0.5, 0.6) is 5.88 Å². The van der Waals surface area contributed by atoms with E-state index in [9.17, 15) is 10.1 Å². The van der Waals surface area contributed by atoms with Gasteiger partial charge in [0.2, 0.25) is 17.7 Å². The number of aromatic nitrogens is 2. The number of rotatable bonds is 0. The zero-order valence-corrected chi connectivity index (χ0v) is 12.5. The molecule has 114 valence electrons. The fraction of sp³-hybridized carbons (Fsp3) is 0.188. The van der Waals surface area contributed by atoms with Crippen molar-refractivity contribution < 1.29 is 9.53 Å². The number of benzene rings is 1. The molecule has 0 aliphatic carbocycles. The summed E-state index contributed by atoms with van der Waals surface area (Å²) in [6, 6.07) is 9.44. The van der Waals surface area contributed by atoms with Gasteiger partial charge in [-0.3, -0.25) is 9.89 Å². The van der Waals surface area contributed by atoms with E-state index < -0.39 is 5.41 Å². The van der Waals surface area contributed by atoms with Gasteiger partial charge in [0.05, 0.1) is 5.56 Å². The lowest BCUT2D eigenvalue weighted by atomic mass is 9.69. The van der Waals surface area contributed by atoms with Crippen LogP contribution >= 0.6 is 0 Å². The molecule has 3 heterocycles. The third-order valence-electron chi connectivity index (χ3n) is 4.52. The summed E-state index contributed by atoms with van der Waals surface area (Å²) < 4.78 is 5.46. The second-order valence-electron chi connectivity index (χ2n) is 5.61. The highest BCUT2D eigenvalue weighted by Gasteiger charge is 2.59. The lowest BCUT2D eigenvalue weighted by molar-refractivity contribution is -0.120. The van der Waals surface area contributed by atoms with Crippen LogP contribution < -0.4 is 15.4 Å². The van der Waals surface area contributed by atoms with Crippen molar-refractivity contribution in [2.75, 3.05) is 11.9 Å². The molecule has 1 spiro atoms. The van der Waals surface area contributed by atoms with E-state index in [2.05, 4.69) is 16.3 Å². The van der Waals surface area contributed by atoms with E-state index in [4.69, 9.17) is 10.5 Å². The molecule has 23 heavy (non-hydrogen) atoms. The molecular formula is C16H13N5O2. The van der Waals surface area contributed by atoms with E-state index in [-0.39, 0.29) is 23.2 Å². The summed E-state index contributed by atoms with van der Waals surface area (Å²) >= 11 is 0. The van der Waals surface area contributed by atoms with Crippen LogP contribution in [-0.2, 0) is 10.2 Å². The van der Waals surface area contributed by atoms with E-state index in [1.54, 1.807) is 18.9 Å². The first-order valence-corrected chi connectivity index (χ1v) is 7.04. The quantitative estimate of drug-likeness (QED) is 0.756. The number of amides is 1. The summed E-state index contributed by atoms with van der Waals surface area (Å²) in [5.41, 5.74) is 7.39. The third kappa shape index (κ3) is 1.33. The average molecular weight is 307 g/mol. The maximum atomic E-state index is 13.3. The standard InChI is InChI=1S/C16H13N5O2/c1-8-12-14(20-19-8)23-13(18)10(7-17)16(12)9-5-3-4-6-11(9)21(2)15(16)22/h3-6H,18H2,1-2H3,(H,19,20). The Hall–Kier alpha value is -3.27. The zero-order valence-electron chi connectivity index (χ0n) is 12.5. The number of fused-ring (bicyclic) bond motifs is 4. The number of aromatic amines is 1. The number of nitriles is 1. The first-order valence-electron chi connectivity index (χ1n) is 7.04. The second-order valence-corrected chi connectivity index (χ2v) is 5.61. The second kappa shape index (κ2) is 4.14. The predicted molar refractivity (Wildman–Crippen MR) is 81.4 cm³/mol. The molecule has 2 aliphatic heterocycles. The number of ether oxygens (including phenoxy) is 1. The number of carbonyl (C=O) groups is 1. The zero-order chi connectivity index (χ0) is 16.4. The molecular weight excluding hydrogens is 294 g/mol. The van der Waals surface area contributed by atoms with Crippen molar-refractivity contribution in [3.8, 4) is 11.9 Å². The summed E-state index contributed by atoms with van der Waals surface area (Å²) in [7, 11) is 1.69. The Bertz CT molecular complexity index is 936. The van der Waals surface area contributed by atoms with Gasteiger partial charge in [0.1, 0.15) is 17.1 Å². The van der Waals surface area contributed by atoms with Crippen LogP contribution in [0.25, 0.3) is 0 Å². The van der Waals surface area contributed by atoms with Gasteiger partial charge in [0, 0.05) is 24.0 Å². The summed E-state index contributed by atoms with van der Waals surface area (Å²) in [6.45, 7) is 1.79. The summed E-state index contributed by atoms with van der Waals surface area (Å²) in [4.78, 5) is 14.8. The van der Waals surface area contributed by atoms with Gasteiger partial charge in [0.15, 0.2) is 0 Å². The number of carbonyl (C=O) groups excluding carboxylic acids is 1. The minimum Gasteiger partial charge on any atom is -0.420 e. The molecule has 0 fully saturated rings. The van der Waals surface area contributed by atoms with Crippen LogP contribution in [0.3, 0.4) is 0 Å². The summed E-state index contributed by atoms with van der Waals surface area (Å²) in [5.74, 6) is -0.102. The van der Waals surface area contributed by atoms with Gasteiger partial charge in [-0.15, -0.1) is 5.10 Å². The Balaban J connectivity index is 2.20. The van der Waals surface area contributed by atoms with Crippen LogP contribution in [0.1, 0.15) is 16.8 Å². The average Bonchev–Trinajstić information content (AvgIpc) is 3.01. The predicted octanol–water partition coefficient (Wildman–Crippen LogP) is 1.07. The first-order chi connectivity index (χ1) is 11.0. The molecule has 3 N–H and O–H groups in total. The van der Waals surface area contributed by atoms with E-state index >= 15 is 0 Å². The topological polar surface area (TPSA) is 108 Å². The molecule has 1 unspecified atom stereocenters. The van der Waals surface area contributed by atoms with Gasteiger partial charge in [-0.05, 0) is 13.0 Å². The monoisotopic (exact) mass is 307 g/mol. The number of anilines is 1. The number of H-pyrrole nitrogens is 1. The Morgan fingerprint density at radius 1 is 1.43 bits per heavy atom. The molecule has 0 saturated heterocycles. The third-order valence-corrected chi connectivity index (χ3v) is 4.52. The van der Waals surface area contributed by atoms with Gasteiger partial charge in [-0.25, -0.2) is 0 Å². The molecule has 1 aromatic carbocycles. The van der Waals surface area contributed by atoms with Gasteiger partial charge >= 0.3 is 0 Å². The number of nitrogens with two attached hydrogens (primary N) is 1. The molecule has 0 saturated carbocycles. The van der Waals surface area contributed by atoms with Crippen molar-refractivity contribution in [3.63, 3.8) is 0 Å². The molecule has 2 aromatic rings. The SMILES string of the molecule is Cc1[nH]nc2c1C1(C(=O)N(C)c3ccccc31)C(C#N)=C(N)O2. The molecule has 1 aromatic heterocycles. The molecule has 0 radical (unpaired) electrons. The van der Waals surface area contributed by atoms with Gasteiger partial charge in [-0.2, -0.15) is 5.26 Å². The number of hydrogen-bond acceptors (Lipinski definition) is 5. The van der Waals surface area contributed by atoms with Gasteiger partial charge in [0.25, 0.3) is 0 Å². The lowest BCUT2D eigenvalue weighted by Crippen LogP contribution is -2.45. The number of nitrogens with zero attached hydrogens (tertiary/aromatic N) is 3. The highest BCUT2D eigenvalue weighted by atomic mass is 16.5. The van der Waals surface area contributed by atoms with Crippen LogP contribution in [0.15, 0.2) is 35.7 Å². The maximum absolute atomic E-state index is 13.3. The Kier molecular flexibility index (Phi) is 2.41. The molecule has 7 nitrogen and oxygen atoms in total. The smallest absolute Gasteiger partial charge is 0.247 e. The van der Waals surface area contributed by atoms with E-state index in [1.807, 2.05) is 24.3 Å². The highest BCUT2D eigenvalue weighted by Crippen LogP contribution is 2.54. The van der Waals surface area contributed by atoms with E-state index in [1.165, 1.54) is 0 Å². The van der Waals surface area contributed by atoms with E-state index in [0.717, 1.165) is 5.69 Å². The van der Waals surface area contributed by atoms with Crippen LogP contribution in [0.2, 0.25) is 0 Å². The molecule has 1 atom stereocenters. The fourth-order valence-electron chi connectivity index (χ4n) is 3.57. The van der Waals surface area contributed by atoms with Crippen molar-refractivity contribution in [1.82, 2.24) is 10.2 Å². The normalized spacial score (nSPS) is 22.0. The van der Waals surface area contributed by atoms with Crippen LogP contribution in [-0.4, -0.2) is 23.2 Å². The van der Waals surface area contributed by atoms with E-state index in [0.29, 0.717) is 16.8 Å². The van der Waals surface area contributed by atoms with Crippen LogP contribution in [0, 0.1) is 18.3 Å². The molecule has 0 bridgehead atoms. The molecule has 2 aliphatic rings. The number of likely N-dealkylation sites (N-methyl/N-ethyl adjacent to an activating group) is 1. The fourth-order valence-corrected chi connectivity index (χ4v) is 3.57. The summed E-state index contributed by atoms with van der Waals surface area (Å²) in [5, 5.41) is 16.6. The first kappa shape index (κ1) is 13.4. The number of nitrogens with one attached hydrogen (secondary N) is 1. The summed E-state index contributed by atoms with van der Waals surface area (Å²) in [6.07, 6.45) is 0. The van der Waals surface area contributed by atoms with Gasteiger partial charge in [-0.1, -0.05) is 18.2 Å². The van der Waals surface area contributed by atoms with Crippen molar-refractivity contribution in [2.24, 2.45) is 5.73 Å². The van der Waals surface area contributed by atoms with Crippen molar-refractivity contribution in [3.05, 3.63) is 52.5 Å². The van der Waals surface area contributed by atoms with Crippen molar-refractivity contribution >= 4 is 11.6 Å². The lowest BCUT2D eigenvalue weighted by Gasteiger charge is -2.32. The Morgan fingerprint density at radius 2 is 2.17 bits per heavy atom. The van der Waals surface area contributed by atoms with Crippen molar-refractivity contribution in [2.45, 2.75) is 12.3 Å². The minimum absolute atomic E-state index is 0.0926. The Labute approximate surface area is 132 Å². The maximum Gasteiger partial charge on any atom is 0.247 e. The molecule has 4 rings (SSSR count). The number of aryl methyl sites for hydroxylation is 1. The van der Waals surface area contributed by atoms with Crippen LogP contribution in [0.4, 0.5) is 5.69 Å². The van der Waals surface area contributed by atoms with Gasteiger partial charge < -0.3 is 15.4 Å².